The van der Waals surface area contributed by atoms with Crippen LogP contribution in [0.5, 0.6) is 0 Å². The number of carbonyl (C=O) groups excluding carboxylic acids is 1. The summed E-state index contributed by atoms with van der Waals surface area (Å²) >= 11 is 0. The molecule has 0 fully saturated rings. The van der Waals surface area contributed by atoms with Gasteiger partial charge in [0.2, 0.25) is 0 Å². The van der Waals surface area contributed by atoms with Gasteiger partial charge in [0.25, 0.3) is 0 Å². The Morgan fingerprint density at radius 3 is 2.19 bits per heavy atom. The third-order valence-electron chi connectivity index (χ3n) is 4.87. The average molecular weight is 351 g/mol. The molecule has 0 amide bonds. The predicted molar refractivity (Wildman–Crippen MR) is 110 cm³/mol. The van der Waals surface area contributed by atoms with Gasteiger partial charge in [-0.1, -0.05) is 78.4 Å². The number of hydrogen-bond donors (Lipinski definition) is 0. The van der Waals surface area contributed by atoms with E-state index in [1.165, 1.54) is 0 Å². The molecule has 27 heavy (non-hydrogen) atoms. The highest BCUT2D eigenvalue weighted by atomic mass is 16.1. The molecule has 0 aliphatic carbocycles. The monoisotopic (exact) mass is 351 g/mol. The van der Waals surface area contributed by atoms with E-state index in [9.17, 15) is 4.79 Å². The smallest absolute Gasteiger partial charge is 0.174 e. The number of ketones is 1. The first-order valence-corrected chi connectivity index (χ1v) is 9.15. The van der Waals surface area contributed by atoms with Crippen LogP contribution >= 0.6 is 0 Å². The molecule has 2 heteroatoms. The molecule has 0 saturated heterocycles. The molecule has 2 nitrogen and oxygen atoms in total. The van der Waals surface area contributed by atoms with Crippen molar-refractivity contribution in [2.45, 2.75) is 19.8 Å². The first-order chi connectivity index (χ1) is 13.1. The fraction of sp³-hybridized carbons (Fsp3) is 0.120. The fourth-order valence-corrected chi connectivity index (χ4v) is 3.62. The van der Waals surface area contributed by atoms with E-state index >= 15 is 0 Å². The number of aryl methyl sites for hydroxylation is 2. The van der Waals surface area contributed by atoms with Gasteiger partial charge in [0, 0.05) is 16.6 Å². The molecule has 4 rings (SSSR count). The summed E-state index contributed by atoms with van der Waals surface area (Å²) in [6.45, 7) is 4.05. The van der Waals surface area contributed by atoms with E-state index in [0.29, 0.717) is 5.56 Å². The third-order valence-corrected chi connectivity index (χ3v) is 4.87. The van der Waals surface area contributed by atoms with Crippen molar-refractivity contribution in [1.29, 1.82) is 0 Å². The fourth-order valence-electron chi connectivity index (χ4n) is 3.62. The van der Waals surface area contributed by atoms with Gasteiger partial charge in [-0.2, -0.15) is 0 Å². The molecular weight excluding hydrogens is 330 g/mol. The van der Waals surface area contributed by atoms with E-state index in [4.69, 9.17) is 4.98 Å². The summed E-state index contributed by atoms with van der Waals surface area (Å²) in [5.74, 6) is -0.290. The largest absolute Gasteiger partial charge is 0.293 e. The second kappa shape index (κ2) is 7.16. The van der Waals surface area contributed by atoms with E-state index in [1.807, 2.05) is 73.7 Å². The van der Waals surface area contributed by atoms with E-state index in [2.05, 4.69) is 25.1 Å². The normalized spacial score (nSPS) is 12.1. The summed E-state index contributed by atoms with van der Waals surface area (Å²) in [4.78, 5) is 18.3. The molecule has 0 saturated carbocycles. The van der Waals surface area contributed by atoms with E-state index in [-0.39, 0.29) is 11.7 Å². The Labute approximate surface area is 159 Å². The summed E-state index contributed by atoms with van der Waals surface area (Å²) in [6, 6.07) is 27.8. The van der Waals surface area contributed by atoms with Gasteiger partial charge >= 0.3 is 0 Å². The first-order valence-electron chi connectivity index (χ1n) is 9.15. The number of rotatable bonds is 4. The van der Waals surface area contributed by atoms with Crippen LogP contribution in [0.15, 0.2) is 84.9 Å². The second-order valence-corrected chi connectivity index (χ2v) is 6.95. The predicted octanol–water partition coefficient (Wildman–Crippen LogP) is 5.87. The minimum absolute atomic E-state index is 0.0945. The quantitative estimate of drug-likeness (QED) is 0.431. The van der Waals surface area contributed by atoms with E-state index in [0.717, 1.165) is 33.3 Å². The molecule has 0 radical (unpaired) electrons. The van der Waals surface area contributed by atoms with Crippen molar-refractivity contribution < 1.29 is 4.79 Å². The molecule has 1 heterocycles. The Balaban J connectivity index is 1.99. The Bertz CT molecular complexity index is 1100. The van der Waals surface area contributed by atoms with Crippen molar-refractivity contribution in [2.75, 3.05) is 0 Å². The number of fused-ring (bicyclic) bond motifs is 1. The maximum Gasteiger partial charge on any atom is 0.174 e. The Morgan fingerprint density at radius 1 is 0.815 bits per heavy atom. The molecule has 0 spiro atoms. The van der Waals surface area contributed by atoms with Crippen molar-refractivity contribution in [3.8, 4) is 0 Å². The summed E-state index contributed by atoms with van der Waals surface area (Å²) in [6.07, 6.45) is 0. The lowest BCUT2D eigenvalue weighted by molar-refractivity contribution is 0.0974. The number of carbonyl (C=O) groups is 1. The molecule has 3 aromatic carbocycles. The number of Topliss-reactive ketones (excluding diaryl/α,β-unsaturated/α-hetero) is 1. The zero-order valence-corrected chi connectivity index (χ0v) is 15.5. The molecule has 4 aromatic rings. The minimum atomic E-state index is -0.384. The van der Waals surface area contributed by atoms with Crippen LogP contribution in [0.2, 0.25) is 0 Å². The Kier molecular flexibility index (Phi) is 4.55. The molecule has 1 aromatic heterocycles. The molecule has 0 N–H and O–H groups in total. The van der Waals surface area contributed by atoms with Crippen LogP contribution in [-0.2, 0) is 0 Å². The van der Waals surface area contributed by atoms with Gasteiger partial charge in [0.15, 0.2) is 5.78 Å². The maximum atomic E-state index is 13.6. The molecule has 1 unspecified atom stereocenters. The third kappa shape index (κ3) is 3.39. The average Bonchev–Trinajstić information content (AvgIpc) is 2.70. The van der Waals surface area contributed by atoms with Crippen LogP contribution in [0.3, 0.4) is 0 Å². The minimum Gasteiger partial charge on any atom is -0.293 e. The van der Waals surface area contributed by atoms with Crippen molar-refractivity contribution in [1.82, 2.24) is 4.98 Å². The number of nitrogens with zero attached hydrogens (tertiary/aromatic N) is 1. The van der Waals surface area contributed by atoms with E-state index in [1.54, 1.807) is 0 Å². The molecular formula is C25H21NO. The van der Waals surface area contributed by atoms with Crippen molar-refractivity contribution in [2.24, 2.45) is 0 Å². The van der Waals surface area contributed by atoms with Crippen molar-refractivity contribution in [3.63, 3.8) is 0 Å². The van der Waals surface area contributed by atoms with Gasteiger partial charge < -0.3 is 0 Å². The highest BCUT2D eigenvalue weighted by Crippen LogP contribution is 2.34. The van der Waals surface area contributed by atoms with E-state index < -0.39 is 0 Å². The first kappa shape index (κ1) is 17.2. The SMILES string of the molecule is Cc1cc(C(C(=O)c2ccccc2)c2ccccc2)c2nc(C)ccc2c1. The standard InChI is InChI=1S/C25H21NO/c1-17-15-21-14-13-18(2)26-24(21)22(16-17)23(19-9-5-3-6-10-19)25(27)20-11-7-4-8-12-20/h3-16,23H,1-2H3. The number of pyridine rings is 1. The lowest BCUT2D eigenvalue weighted by atomic mass is 9.83. The molecule has 0 aliphatic heterocycles. The summed E-state index contributed by atoms with van der Waals surface area (Å²) in [5, 5.41) is 1.07. The zero-order chi connectivity index (χ0) is 18.8. The lowest BCUT2D eigenvalue weighted by Crippen LogP contribution is -2.15. The molecule has 0 bridgehead atoms. The highest BCUT2D eigenvalue weighted by Gasteiger charge is 2.26. The van der Waals surface area contributed by atoms with Gasteiger partial charge in [-0.25, -0.2) is 0 Å². The molecule has 0 aliphatic rings. The molecule has 1 atom stereocenters. The summed E-state index contributed by atoms with van der Waals surface area (Å²) < 4.78 is 0. The number of benzene rings is 3. The zero-order valence-electron chi connectivity index (χ0n) is 15.5. The van der Waals surface area contributed by atoms with Crippen LogP contribution in [0, 0.1) is 13.8 Å². The van der Waals surface area contributed by atoms with Crippen molar-refractivity contribution in [3.05, 3.63) is 113 Å². The Morgan fingerprint density at radius 2 is 1.48 bits per heavy atom. The molecule has 132 valence electrons. The lowest BCUT2D eigenvalue weighted by Gasteiger charge is -2.20. The van der Waals surface area contributed by atoms with Gasteiger partial charge in [-0.3, -0.25) is 9.78 Å². The van der Waals surface area contributed by atoms with Crippen LogP contribution in [0.25, 0.3) is 10.9 Å². The van der Waals surface area contributed by atoms with Gasteiger partial charge in [-0.05, 0) is 37.1 Å². The second-order valence-electron chi connectivity index (χ2n) is 6.95. The summed E-state index contributed by atoms with van der Waals surface area (Å²) in [7, 11) is 0. The van der Waals surface area contributed by atoms with Crippen LogP contribution in [0.1, 0.15) is 38.7 Å². The highest BCUT2D eigenvalue weighted by molar-refractivity contribution is 6.05. The Hall–Kier alpha value is -3.26. The van der Waals surface area contributed by atoms with Crippen LogP contribution < -0.4 is 0 Å². The topological polar surface area (TPSA) is 30.0 Å². The van der Waals surface area contributed by atoms with Crippen molar-refractivity contribution >= 4 is 16.7 Å². The van der Waals surface area contributed by atoms with Crippen LogP contribution in [0.4, 0.5) is 0 Å². The van der Waals surface area contributed by atoms with Gasteiger partial charge in [0.05, 0.1) is 11.4 Å². The van der Waals surface area contributed by atoms with Gasteiger partial charge in [0.1, 0.15) is 0 Å². The van der Waals surface area contributed by atoms with Gasteiger partial charge in [-0.15, -0.1) is 0 Å². The maximum absolute atomic E-state index is 13.6. The summed E-state index contributed by atoms with van der Waals surface area (Å²) in [5.41, 5.74) is 5.65. The number of aromatic nitrogens is 1. The van der Waals surface area contributed by atoms with Crippen LogP contribution in [-0.4, -0.2) is 10.8 Å². The number of hydrogen-bond acceptors (Lipinski definition) is 2.